The van der Waals surface area contributed by atoms with Crippen LogP contribution in [-0.4, -0.2) is 35.1 Å². The van der Waals surface area contributed by atoms with E-state index in [1.807, 2.05) is 32.0 Å². The number of rotatable bonds is 4. The van der Waals surface area contributed by atoms with Crippen molar-refractivity contribution in [1.82, 2.24) is 15.4 Å². The van der Waals surface area contributed by atoms with Gasteiger partial charge in [-0.15, -0.1) is 0 Å². The monoisotopic (exact) mass is 235 g/mol. The number of hydrogen-bond donors (Lipinski definition) is 2. The quantitative estimate of drug-likeness (QED) is 0.463. The number of amides is 1. The molecule has 17 heavy (non-hydrogen) atoms. The van der Waals surface area contributed by atoms with Crippen molar-refractivity contribution in [1.29, 1.82) is 0 Å². The minimum atomic E-state index is -0.556. The highest BCUT2D eigenvalue weighted by Crippen LogP contribution is 2.10. The molecule has 0 aliphatic rings. The molecule has 92 valence electrons. The van der Waals surface area contributed by atoms with Crippen LogP contribution in [0.2, 0.25) is 0 Å². The maximum Gasteiger partial charge on any atom is 0.267 e. The molecule has 1 amide bonds. The van der Waals surface area contributed by atoms with E-state index in [0.29, 0.717) is 0 Å². The summed E-state index contributed by atoms with van der Waals surface area (Å²) >= 11 is 0. The molecule has 1 rings (SSSR count). The number of hydroxylamine groups is 1. The number of aromatic nitrogens is 1. The summed E-state index contributed by atoms with van der Waals surface area (Å²) in [6, 6.07) is 1.95. The molecule has 0 unspecified atom stereocenters. The Labute approximate surface area is 101 Å². The highest BCUT2D eigenvalue weighted by atomic mass is 16.5. The Morgan fingerprint density at radius 2 is 2.29 bits per heavy atom. The zero-order valence-electron chi connectivity index (χ0n) is 10.3. The van der Waals surface area contributed by atoms with Gasteiger partial charge >= 0.3 is 0 Å². The molecule has 0 saturated heterocycles. The van der Waals surface area contributed by atoms with Gasteiger partial charge < -0.3 is 4.90 Å². The minimum Gasteiger partial charge on any atom is -0.304 e. The summed E-state index contributed by atoms with van der Waals surface area (Å²) in [6.45, 7) is 2.77. The van der Waals surface area contributed by atoms with Crippen molar-refractivity contribution in [3.8, 4) is 0 Å². The van der Waals surface area contributed by atoms with E-state index in [0.717, 1.165) is 23.4 Å². The van der Waals surface area contributed by atoms with Gasteiger partial charge in [-0.25, -0.2) is 5.48 Å². The molecule has 0 aliphatic carbocycles. The van der Waals surface area contributed by atoms with E-state index in [4.69, 9.17) is 5.21 Å². The number of carbonyl (C=O) groups is 1. The summed E-state index contributed by atoms with van der Waals surface area (Å²) in [6.07, 6.45) is 4.56. The number of nitrogens with one attached hydrogen (secondary N) is 1. The third-order valence-electron chi connectivity index (χ3n) is 2.21. The van der Waals surface area contributed by atoms with Gasteiger partial charge in [0.05, 0.1) is 5.69 Å². The topological polar surface area (TPSA) is 65.5 Å². The van der Waals surface area contributed by atoms with Gasteiger partial charge in [-0.2, -0.15) is 0 Å². The molecule has 2 N–H and O–H groups in total. The maximum absolute atomic E-state index is 10.8. The van der Waals surface area contributed by atoms with Crippen LogP contribution in [0.25, 0.3) is 6.08 Å². The van der Waals surface area contributed by atoms with Gasteiger partial charge in [0, 0.05) is 18.8 Å². The summed E-state index contributed by atoms with van der Waals surface area (Å²) in [4.78, 5) is 17.2. The first kappa shape index (κ1) is 13.3. The van der Waals surface area contributed by atoms with Crippen LogP contribution in [0.4, 0.5) is 0 Å². The normalized spacial score (nSPS) is 11.1. The SMILES string of the molecule is Cc1cc(/C=C/C(=O)NO)cnc1CN(C)C. The lowest BCUT2D eigenvalue weighted by atomic mass is 10.1. The van der Waals surface area contributed by atoms with Crippen molar-refractivity contribution in [2.75, 3.05) is 14.1 Å². The van der Waals surface area contributed by atoms with Crippen molar-refractivity contribution in [3.63, 3.8) is 0 Å². The summed E-state index contributed by atoms with van der Waals surface area (Å²) < 4.78 is 0. The van der Waals surface area contributed by atoms with E-state index in [2.05, 4.69) is 4.98 Å². The summed E-state index contributed by atoms with van der Waals surface area (Å²) in [7, 11) is 3.97. The molecule has 0 atom stereocenters. The molecular weight excluding hydrogens is 218 g/mol. The van der Waals surface area contributed by atoms with E-state index in [9.17, 15) is 4.79 Å². The molecule has 0 saturated carbocycles. The van der Waals surface area contributed by atoms with Gasteiger partial charge in [-0.1, -0.05) is 0 Å². The second kappa shape index (κ2) is 6.12. The van der Waals surface area contributed by atoms with Crippen LogP contribution in [0.5, 0.6) is 0 Å². The molecule has 0 aliphatic heterocycles. The van der Waals surface area contributed by atoms with E-state index in [1.165, 1.54) is 11.6 Å². The van der Waals surface area contributed by atoms with E-state index in [-0.39, 0.29) is 0 Å². The van der Waals surface area contributed by atoms with Gasteiger partial charge in [0.1, 0.15) is 0 Å². The Hall–Kier alpha value is -1.72. The lowest BCUT2D eigenvalue weighted by Gasteiger charge is -2.11. The van der Waals surface area contributed by atoms with Gasteiger partial charge in [0.25, 0.3) is 5.91 Å². The Morgan fingerprint density at radius 3 is 2.82 bits per heavy atom. The average molecular weight is 235 g/mol. The lowest BCUT2D eigenvalue weighted by Crippen LogP contribution is -2.15. The van der Waals surface area contributed by atoms with Gasteiger partial charge in [0.2, 0.25) is 0 Å². The largest absolute Gasteiger partial charge is 0.304 e. The van der Waals surface area contributed by atoms with Crippen LogP contribution < -0.4 is 5.48 Å². The molecule has 5 nitrogen and oxygen atoms in total. The maximum atomic E-state index is 10.8. The standard InChI is InChI=1S/C12H17N3O2/c1-9-6-10(4-5-12(16)14-17)7-13-11(9)8-15(2)3/h4-7,17H,8H2,1-3H3,(H,14,16)/b5-4+. The van der Waals surface area contributed by atoms with Crippen LogP contribution in [0, 0.1) is 6.92 Å². The Morgan fingerprint density at radius 1 is 1.59 bits per heavy atom. The zero-order chi connectivity index (χ0) is 12.8. The number of pyridine rings is 1. The molecule has 0 aromatic carbocycles. The number of hydrogen-bond acceptors (Lipinski definition) is 4. The first-order valence-corrected chi connectivity index (χ1v) is 5.25. The van der Waals surface area contributed by atoms with Crippen LogP contribution >= 0.6 is 0 Å². The molecule has 5 heteroatoms. The summed E-state index contributed by atoms with van der Waals surface area (Å²) in [5.74, 6) is -0.556. The average Bonchev–Trinajstić information content (AvgIpc) is 2.28. The highest BCUT2D eigenvalue weighted by Gasteiger charge is 2.02. The van der Waals surface area contributed by atoms with Crippen molar-refractivity contribution >= 4 is 12.0 Å². The summed E-state index contributed by atoms with van der Waals surface area (Å²) in [5, 5.41) is 8.34. The Kier molecular flexibility index (Phi) is 4.81. The fourth-order valence-electron chi connectivity index (χ4n) is 1.39. The van der Waals surface area contributed by atoms with Crippen LogP contribution in [-0.2, 0) is 11.3 Å². The highest BCUT2D eigenvalue weighted by molar-refractivity contribution is 5.90. The zero-order valence-corrected chi connectivity index (χ0v) is 10.3. The number of nitrogens with zero attached hydrogens (tertiary/aromatic N) is 2. The molecule has 1 aromatic heterocycles. The van der Waals surface area contributed by atoms with Gasteiger partial charge in [-0.3, -0.25) is 15.0 Å². The fraction of sp³-hybridized carbons (Fsp3) is 0.333. The van der Waals surface area contributed by atoms with Crippen molar-refractivity contribution < 1.29 is 10.0 Å². The minimum absolute atomic E-state index is 0.556. The first-order valence-electron chi connectivity index (χ1n) is 5.25. The molecule has 0 radical (unpaired) electrons. The molecule has 0 fully saturated rings. The predicted octanol–water partition coefficient (Wildman–Crippen LogP) is 0.970. The van der Waals surface area contributed by atoms with Crippen molar-refractivity contribution in [3.05, 3.63) is 35.2 Å². The molecule has 1 heterocycles. The van der Waals surface area contributed by atoms with Crippen LogP contribution in [0.15, 0.2) is 18.3 Å². The van der Waals surface area contributed by atoms with E-state index >= 15 is 0 Å². The van der Waals surface area contributed by atoms with Gasteiger partial charge in [0.15, 0.2) is 0 Å². The van der Waals surface area contributed by atoms with Crippen molar-refractivity contribution in [2.45, 2.75) is 13.5 Å². The fourth-order valence-corrected chi connectivity index (χ4v) is 1.39. The molecule has 0 bridgehead atoms. The van der Waals surface area contributed by atoms with Gasteiger partial charge in [-0.05, 0) is 44.3 Å². The second-order valence-corrected chi connectivity index (χ2v) is 4.08. The van der Waals surface area contributed by atoms with Crippen LogP contribution in [0.3, 0.4) is 0 Å². The molecular formula is C12H17N3O2. The number of carbonyl (C=O) groups excluding carboxylic acids is 1. The third-order valence-corrected chi connectivity index (χ3v) is 2.21. The smallest absolute Gasteiger partial charge is 0.267 e. The summed E-state index contributed by atoms with van der Waals surface area (Å²) in [5.41, 5.74) is 4.45. The predicted molar refractivity (Wildman–Crippen MR) is 65.3 cm³/mol. The molecule has 0 spiro atoms. The number of aryl methyl sites for hydroxylation is 1. The van der Waals surface area contributed by atoms with E-state index in [1.54, 1.807) is 12.3 Å². The first-order chi connectivity index (χ1) is 8.02. The Bertz CT molecular complexity index is 428. The van der Waals surface area contributed by atoms with E-state index < -0.39 is 5.91 Å². The lowest BCUT2D eigenvalue weighted by molar-refractivity contribution is -0.124. The second-order valence-electron chi connectivity index (χ2n) is 4.08. The third kappa shape index (κ3) is 4.34. The Balaban J connectivity index is 2.82. The molecule has 1 aromatic rings. The van der Waals surface area contributed by atoms with Crippen LogP contribution in [0.1, 0.15) is 16.8 Å². The van der Waals surface area contributed by atoms with Crippen molar-refractivity contribution in [2.24, 2.45) is 0 Å².